The highest BCUT2D eigenvalue weighted by Crippen LogP contribution is 2.05. The molecule has 0 unspecified atom stereocenters. The van der Waals surface area contributed by atoms with Crippen LogP contribution in [0.1, 0.15) is 6.42 Å². The van der Waals surface area contributed by atoms with Crippen LogP contribution in [-0.4, -0.2) is 20.2 Å². The average molecular weight is 149 g/mol. The molecule has 0 saturated carbocycles. The van der Waals surface area contributed by atoms with E-state index in [9.17, 15) is 0 Å². The van der Waals surface area contributed by atoms with Gasteiger partial charge in [-0.05, 0) is 18.7 Å². The minimum atomic E-state index is -0.341. The molecule has 8 heavy (non-hydrogen) atoms. The summed E-state index contributed by atoms with van der Waals surface area (Å²) in [5, 5.41) is 0. The van der Waals surface area contributed by atoms with E-state index in [4.69, 9.17) is 5.73 Å². The smallest absolute Gasteiger partial charge is 0.0952 e. The summed E-state index contributed by atoms with van der Waals surface area (Å²) in [6.07, 6.45) is 1.19. The summed E-state index contributed by atoms with van der Waals surface area (Å²) in [5.41, 5.74) is 5.32. The third-order valence-electron chi connectivity index (χ3n) is 0.800. The van der Waals surface area contributed by atoms with Gasteiger partial charge in [-0.2, -0.15) is 11.2 Å². The van der Waals surface area contributed by atoms with Crippen molar-refractivity contribution in [2.75, 3.05) is 12.3 Å². The van der Waals surface area contributed by atoms with Crippen LogP contribution in [0.2, 0.25) is 13.1 Å². The molecule has 0 saturated heterocycles. The molecule has 0 fully saturated rings. The van der Waals surface area contributed by atoms with Crippen molar-refractivity contribution in [2.45, 2.75) is 19.5 Å². The molecule has 0 aliphatic rings. The molecule has 0 aromatic heterocycles. The second kappa shape index (κ2) is 5.66. The van der Waals surface area contributed by atoms with Gasteiger partial charge in [-0.25, -0.2) is 0 Å². The zero-order valence-electron chi connectivity index (χ0n) is 5.68. The summed E-state index contributed by atoms with van der Waals surface area (Å²) < 4.78 is 0. The third-order valence-corrected chi connectivity index (χ3v) is 4.70. The standard InChI is InChI=1S/C5H15NSSi/c1-8(2)7-5-3-4-6/h8H,3-6H2,1-2H3. The lowest BCUT2D eigenvalue weighted by Crippen LogP contribution is -2.02. The van der Waals surface area contributed by atoms with Crippen molar-refractivity contribution in [3.8, 4) is 0 Å². The van der Waals surface area contributed by atoms with Crippen molar-refractivity contribution < 1.29 is 0 Å². The molecule has 3 heteroatoms. The van der Waals surface area contributed by atoms with Crippen molar-refractivity contribution >= 4 is 19.2 Å². The topological polar surface area (TPSA) is 26.0 Å². The molecule has 50 valence electrons. The first-order chi connectivity index (χ1) is 3.77. The second-order valence-corrected chi connectivity index (χ2v) is 8.73. The minimum absolute atomic E-state index is 0.341. The van der Waals surface area contributed by atoms with Gasteiger partial charge < -0.3 is 5.73 Å². The Balaban J connectivity index is 2.72. The van der Waals surface area contributed by atoms with Crippen LogP contribution in [0.25, 0.3) is 0 Å². The highest BCUT2D eigenvalue weighted by Gasteiger charge is 1.92. The van der Waals surface area contributed by atoms with E-state index in [2.05, 4.69) is 24.3 Å². The van der Waals surface area contributed by atoms with Crippen LogP contribution in [0.4, 0.5) is 0 Å². The molecule has 2 N–H and O–H groups in total. The molecular formula is C5H15NSSi. The van der Waals surface area contributed by atoms with E-state index in [0.29, 0.717) is 0 Å². The van der Waals surface area contributed by atoms with E-state index in [0.717, 1.165) is 6.54 Å². The first-order valence-corrected chi connectivity index (χ1v) is 7.86. The number of nitrogens with two attached hydrogens (primary N) is 1. The van der Waals surface area contributed by atoms with Crippen molar-refractivity contribution in [1.29, 1.82) is 0 Å². The molecule has 0 rings (SSSR count). The SMILES string of the molecule is C[SiH](C)SCCCN. The van der Waals surface area contributed by atoms with Crippen molar-refractivity contribution in [3.05, 3.63) is 0 Å². The van der Waals surface area contributed by atoms with E-state index < -0.39 is 0 Å². The molecule has 0 heterocycles. The Labute approximate surface area is 57.3 Å². The number of hydrogen-bond donors (Lipinski definition) is 1. The second-order valence-electron chi connectivity index (χ2n) is 2.06. The summed E-state index contributed by atoms with van der Waals surface area (Å²) in [5.74, 6) is 1.28. The van der Waals surface area contributed by atoms with Gasteiger partial charge in [0.25, 0.3) is 0 Å². The lowest BCUT2D eigenvalue weighted by Gasteiger charge is -1.99. The Morgan fingerprint density at radius 1 is 1.50 bits per heavy atom. The predicted octanol–water partition coefficient (Wildman–Crippen LogP) is 1.05. The van der Waals surface area contributed by atoms with Crippen LogP contribution < -0.4 is 5.73 Å². The van der Waals surface area contributed by atoms with Crippen LogP contribution in [0, 0.1) is 0 Å². The maximum Gasteiger partial charge on any atom is 0.0952 e. The molecule has 0 aromatic carbocycles. The molecule has 0 atom stereocenters. The normalized spacial score (nSPS) is 10.5. The van der Waals surface area contributed by atoms with Gasteiger partial charge >= 0.3 is 0 Å². The van der Waals surface area contributed by atoms with Crippen LogP contribution in [0.3, 0.4) is 0 Å². The van der Waals surface area contributed by atoms with Crippen LogP contribution in [0.5, 0.6) is 0 Å². The highest BCUT2D eigenvalue weighted by atomic mass is 32.4. The monoisotopic (exact) mass is 149 g/mol. The van der Waals surface area contributed by atoms with E-state index in [1.807, 2.05) is 0 Å². The van der Waals surface area contributed by atoms with Crippen molar-refractivity contribution in [3.63, 3.8) is 0 Å². The van der Waals surface area contributed by atoms with Gasteiger partial charge in [0.2, 0.25) is 0 Å². The fourth-order valence-electron chi connectivity index (χ4n) is 0.402. The van der Waals surface area contributed by atoms with E-state index >= 15 is 0 Å². The summed E-state index contributed by atoms with van der Waals surface area (Å²) in [7, 11) is -0.341. The fourth-order valence-corrected chi connectivity index (χ4v) is 3.12. The molecule has 0 aliphatic heterocycles. The van der Waals surface area contributed by atoms with E-state index in [1.54, 1.807) is 0 Å². The first kappa shape index (κ1) is 8.53. The van der Waals surface area contributed by atoms with Gasteiger partial charge in [0, 0.05) is 0 Å². The van der Waals surface area contributed by atoms with Gasteiger partial charge in [0.15, 0.2) is 0 Å². The summed E-state index contributed by atoms with van der Waals surface area (Å²) in [6.45, 7) is 5.55. The summed E-state index contributed by atoms with van der Waals surface area (Å²) in [6, 6.07) is 0. The third kappa shape index (κ3) is 6.53. The average Bonchev–Trinajstić information content (AvgIpc) is 1.66. The Hall–Kier alpha value is 0.527. The molecule has 0 bridgehead atoms. The fraction of sp³-hybridized carbons (Fsp3) is 1.00. The molecule has 0 aromatic rings. The van der Waals surface area contributed by atoms with Crippen molar-refractivity contribution in [1.82, 2.24) is 0 Å². The van der Waals surface area contributed by atoms with Crippen LogP contribution in [-0.2, 0) is 0 Å². The van der Waals surface area contributed by atoms with Gasteiger partial charge in [-0.3, -0.25) is 0 Å². The van der Waals surface area contributed by atoms with Crippen molar-refractivity contribution in [2.24, 2.45) is 5.73 Å². The molecule has 0 amide bonds. The Kier molecular flexibility index (Phi) is 6.03. The van der Waals surface area contributed by atoms with Crippen LogP contribution >= 0.6 is 11.2 Å². The Morgan fingerprint density at radius 2 is 2.12 bits per heavy atom. The Morgan fingerprint density at radius 3 is 2.50 bits per heavy atom. The lowest BCUT2D eigenvalue weighted by molar-refractivity contribution is 0.945. The largest absolute Gasteiger partial charge is 0.330 e. The lowest BCUT2D eigenvalue weighted by atomic mass is 10.5. The van der Waals surface area contributed by atoms with Gasteiger partial charge in [-0.15, -0.1) is 0 Å². The predicted molar refractivity (Wildman–Crippen MR) is 45.0 cm³/mol. The zero-order chi connectivity index (χ0) is 6.41. The molecule has 0 aliphatic carbocycles. The van der Waals surface area contributed by atoms with Gasteiger partial charge in [-0.1, -0.05) is 13.1 Å². The summed E-state index contributed by atoms with van der Waals surface area (Å²) >= 11 is 2.11. The number of hydrogen-bond acceptors (Lipinski definition) is 2. The zero-order valence-corrected chi connectivity index (χ0v) is 7.66. The van der Waals surface area contributed by atoms with Gasteiger partial charge in [0.1, 0.15) is 0 Å². The van der Waals surface area contributed by atoms with E-state index in [-0.39, 0.29) is 7.95 Å². The minimum Gasteiger partial charge on any atom is -0.330 e. The highest BCUT2D eigenvalue weighted by molar-refractivity contribution is 8.25. The quantitative estimate of drug-likeness (QED) is 0.478. The molecule has 1 nitrogen and oxygen atoms in total. The molecule has 0 radical (unpaired) electrons. The first-order valence-electron chi connectivity index (χ1n) is 3.09. The van der Waals surface area contributed by atoms with E-state index in [1.165, 1.54) is 12.2 Å². The maximum atomic E-state index is 5.32. The van der Waals surface area contributed by atoms with Gasteiger partial charge in [0.05, 0.1) is 7.95 Å². The Bertz CT molecular complexity index is 49.7. The van der Waals surface area contributed by atoms with Crippen LogP contribution in [0.15, 0.2) is 0 Å². The molecular weight excluding hydrogens is 134 g/mol. The summed E-state index contributed by atoms with van der Waals surface area (Å²) in [4.78, 5) is 0. The molecule has 0 spiro atoms. The number of rotatable bonds is 4. The maximum absolute atomic E-state index is 5.32.